The summed E-state index contributed by atoms with van der Waals surface area (Å²) in [5.74, 6) is 0.972. The summed E-state index contributed by atoms with van der Waals surface area (Å²) >= 11 is 6.23. The lowest BCUT2D eigenvalue weighted by molar-refractivity contribution is 0.551. The molecule has 100 valence electrons. The molecule has 0 amide bonds. The van der Waals surface area contributed by atoms with Gasteiger partial charge in [-0.1, -0.05) is 6.42 Å². The molecule has 1 aliphatic rings. The second-order valence-electron chi connectivity index (χ2n) is 5.67. The van der Waals surface area contributed by atoms with Crippen molar-refractivity contribution in [1.82, 2.24) is 9.97 Å². The fraction of sp³-hybridized carbons (Fsp3) is 0.714. The lowest BCUT2D eigenvalue weighted by Gasteiger charge is -2.30. The molecule has 1 unspecified atom stereocenters. The standard InChI is InChI=1S/C14H22ClN3/c1-10(15)14(2,3)18-13-11-7-5-4-6-8-12(11)16-9-17-13/h9-10H,4-8H2,1-3H3,(H,16,17,18). The van der Waals surface area contributed by atoms with E-state index in [9.17, 15) is 0 Å². The number of rotatable bonds is 3. The second kappa shape index (κ2) is 5.43. The van der Waals surface area contributed by atoms with E-state index in [1.807, 2.05) is 6.92 Å². The smallest absolute Gasteiger partial charge is 0.133 e. The fourth-order valence-electron chi connectivity index (χ4n) is 2.21. The number of aromatic nitrogens is 2. The summed E-state index contributed by atoms with van der Waals surface area (Å²) < 4.78 is 0. The first-order valence-electron chi connectivity index (χ1n) is 6.75. The zero-order valence-corrected chi connectivity index (χ0v) is 12.2. The minimum Gasteiger partial charge on any atom is -0.363 e. The lowest BCUT2D eigenvalue weighted by atomic mass is 10.0. The van der Waals surface area contributed by atoms with Gasteiger partial charge in [-0.3, -0.25) is 0 Å². The van der Waals surface area contributed by atoms with E-state index in [2.05, 4.69) is 29.1 Å². The molecule has 18 heavy (non-hydrogen) atoms. The quantitative estimate of drug-likeness (QED) is 0.672. The highest BCUT2D eigenvalue weighted by atomic mass is 35.5. The monoisotopic (exact) mass is 267 g/mol. The average Bonchev–Trinajstić information content (AvgIpc) is 2.54. The summed E-state index contributed by atoms with van der Waals surface area (Å²) in [6, 6.07) is 0. The lowest BCUT2D eigenvalue weighted by Crippen LogP contribution is -2.39. The third-order valence-corrected chi connectivity index (χ3v) is 4.36. The summed E-state index contributed by atoms with van der Waals surface area (Å²) in [6.07, 6.45) is 7.56. The van der Waals surface area contributed by atoms with Crippen molar-refractivity contribution in [3.05, 3.63) is 17.6 Å². The van der Waals surface area contributed by atoms with Crippen molar-refractivity contribution in [2.75, 3.05) is 5.32 Å². The number of aryl methyl sites for hydroxylation is 1. The minimum atomic E-state index is -0.171. The maximum absolute atomic E-state index is 6.23. The van der Waals surface area contributed by atoms with Crippen LogP contribution in [0.2, 0.25) is 0 Å². The number of nitrogens with zero attached hydrogens (tertiary/aromatic N) is 2. The van der Waals surface area contributed by atoms with Crippen LogP contribution in [0.25, 0.3) is 0 Å². The van der Waals surface area contributed by atoms with Crippen molar-refractivity contribution in [2.24, 2.45) is 0 Å². The molecule has 1 aromatic heterocycles. The Balaban J connectivity index is 2.28. The van der Waals surface area contributed by atoms with Crippen LogP contribution in [0.4, 0.5) is 5.82 Å². The van der Waals surface area contributed by atoms with E-state index >= 15 is 0 Å². The van der Waals surface area contributed by atoms with Crippen LogP contribution in [-0.4, -0.2) is 20.9 Å². The van der Waals surface area contributed by atoms with Crippen LogP contribution in [0, 0.1) is 0 Å². The predicted octanol–water partition coefficient (Wildman–Crippen LogP) is 3.56. The van der Waals surface area contributed by atoms with Gasteiger partial charge in [0.2, 0.25) is 0 Å². The van der Waals surface area contributed by atoms with Crippen LogP contribution >= 0.6 is 11.6 Å². The SMILES string of the molecule is CC(Cl)C(C)(C)Nc1ncnc2c1CCCCC2. The molecule has 0 saturated carbocycles. The van der Waals surface area contributed by atoms with Gasteiger partial charge in [0.1, 0.15) is 12.1 Å². The Morgan fingerprint density at radius 3 is 2.67 bits per heavy atom. The van der Waals surface area contributed by atoms with Crippen molar-refractivity contribution in [3.8, 4) is 0 Å². The van der Waals surface area contributed by atoms with Gasteiger partial charge in [0.25, 0.3) is 0 Å². The van der Waals surface area contributed by atoms with E-state index in [0.29, 0.717) is 0 Å². The minimum absolute atomic E-state index is 0.0360. The third kappa shape index (κ3) is 2.94. The summed E-state index contributed by atoms with van der Waals surface area (Å²) in [5, 5.41) is 3.53. The predicted molar refractivity (Wildman–Crippen MR) is 76.3 cm³/mol. The molecule has 0 radical (unpaired) electrons. The number of fused-ring (bicyclic) bond motifs is 1. The van der Waals surface area contributed by atoms with E-state index in [1.54, 1.807) is 6.33 Å². The van der Waals surface area contributed by atoms with E-state index < -0.39 is 0 Å². The van der Waals surface area contributed by atoms with Crippen LogP contribution in [0.5, 0.6) is 0 Å². The highest BCUT2D eigenvalue weighted by Crippen LogP contribution is 2.27. The van der Waals surface area contributed by atoms with Gasteiger partial charge in [0.15, 0.2) is 0 Å². The average molecular weight is 268 g/mol. The Kier molecular flexibility index (Phi) is 4.10. The molecule has 0 fully saturated rings. The van der Waals surface area contributed by atoms with Gasteiger partial charge in [-0.2, -0.15) is 0 Å². The Bertz CT molecular complexity index is 416. The highest BCUT2D eigenvalue weighted by molar-refractivity contribution is 6.21. The molecule has 0 aromatic carbocycles. The molecule has 1 atom stereocenters. The maximum Gasteiger partial charge on any atom is 0.133 e. The molecule has 3 nitrogen and oxygen atoms in total. The molecule has 1 aliphatic carbocycles. The summed E-state index contributed by atoms with van der Waals surface area (Å²) in [6.45, 7) is 6.22. The van der Waals surface area contributed by atoms with Gasteiger partial charge in [-0.25, -0.2) is 9.97 Å². The molecule has 1 N–H and O–H groups in total. The van der Waals surface area contributed by atoms with Crippen molar-refractivity contribution >= 4 is 17.4 Å². The van der Waals surface area contributed by atoms with Crippen LogP contribution in [-0.2, 0) is 12.8 Å². The first kappa shape index (κ1) is 13.6. The summed E-state index contributed by atoms with van der Waals surface area (Å²) in [5.41, 5.74) is 2.33. The van der Waals surface area contributed by atoms with Crippen LogP contribution in [0.15, 0.2) is 6.33 Å². The number of nitrogens with one attached hydrogen (secondary N) is 1. The highest BCUT2D eigenvalue weighted by Gasteiger charge is 2.26. The Hall–Kier alpha value is -0.830. The molecule has 0 saturated heterocycles. The first-order valence-corrected chi connectivity index (χ1v) is 7.19. The topological polar surface area (TPSA) is 37.8 Å². The van der Waals surface area contributed by atoms with Crippen molar-refractivity contribution in [2.45, 2.75) is 63.8 Å². The van der Waals surface area contributed by atoms with Crippen LogP contribution < -0.4 is 5.32 Å². The van der Waals surface area contributed by atoms with E-state index in [1.165, 1.54) is 30.5 Å². The van der Waals surface area contributed by atoms with Crippen molar-refractivity contribution in [3.63, 3.8) is 0 Å². The molecule has 0 aliphatic heterocycles. The van der Waals surface area contributed by atoms with Crippen molar-refractivity contribution in [1.29, 1.82) is 0 Å². The summed E-state index contributed by atoms with van der Waals surface area (Å²) in [4.78, 5) is 8.85. The molecule has 0 bridgehead atoms. The van der Waals surface area contributed by atoms with Crippen LogP contribution in [0.3, 0.4) is 0 Å². The molecule has 1 heterocycles. The number of hydrogen-bond donors (Lipinski definition) is 1. The van der Waals surface area contributed by atoms with Gasteiger partial charge in [-0.15, -0.1) is 11.6 Å². The molecule has 2 rings (SSSR count). The fourth-order valence-corrected chi connectivity index (χ4v) is 2.26. The van der Waals surface area contributed by atoms with Gasteiger partial charge < -0.3 is 5.32 Å². The first-order chi connectivity index (χ1) is 8.50. The molecule has 0 spiro atoms. The zero-order chi connectivity index (χ0) is 13.2. The second-order valence-corrected chi connectivity index (χ2v) is 6.33. The number of anilines is 1. The van der Waals surface area contributed by atoms with Gasteiger partial charge in [0, 0.05) is 16.8 Å². The normalized spacial score (nSPS) is 17.8. The largest absolute Gasteiger partial charge is 0.363 e. The molecular formula is C14H22ClN3. The zero-order valence-electron chi connectivity index (χ0n) is 11.5. The maximum atomic E-state index is 6.23. The molecule has 1 aromatic rings. The Morgan fingerprint density at radius 2 is 1.94 bits per heavy atom. The Morgan fingerprint density at radius 1 is 1.22 bits per heavy atom. The van der Waals surface area contributed by atoms with E-state index in [-0.39, 0.29) is 10.9 Å². The van der Waals surface area contributed by atoms with Gasteiger partial charge in [-0.05, 0) is 46.5 Å². The summed E-state index contributed by atoms with van der Waals surface area (Å²) in [7, 11) is 0. The van der Waals surface area contributed by atoms with Gasteiger partial charge in [0.05, 0.1) is 5.38 Å². The number of alkyl halides is 1. The Labute approximate surface area is 114 Å². The molecule has 4 heteroatoms. The van der Waals surface area contributed by atoms with Crippen molar-refractivity contribution < 1.29 is 0 Å². The number of halogens is 1. The van der Waals surface area contributed by atoms with E-state index in [0.717, 1.165) is 18.7 Å². The third-order valence-electron chi connectivity index (χ3n) is 3.81. The van der Waals surface area contributed by atoms with E-state index in [4.69, 9.17) is 11.6 Å². The van der Waals surface area contributed by atoms with Crippen LogP contribution in [0.1, 0.15) is 51.3 Å². The van der Waals surface area contributed by atoms with Gasteiger partial charge >= 0.3 is 0 Å². The number of hydrogen-bond acceptors (Lipinski definition) is 3. The molecular weight excluding hydrogens is 246 g/mol.